The molecule has 0 radical (unpaired) electrons. The Hall–Kier alpha value is -3.36. The molecule has 2 rings (SSSR count). The van der Waals surface area contributed by atoms with Gasteiger partial charge in [-0.2, -0.15) is 0 Å². The highest BCUT2D eigenvalue weighted by Gasteiger charge is 2.18. The number of carbonyl (C=O) groups excluding carboxylic acids is 2. The van der Waals surface area contributed by atoms with E-state index in [2.05, 4.69) is 10.6 Å². The van der Waals surface area contributed by atoms with Crippen LogP contribution in [0.15, 0.2) is 30.3 Å². The van der Waals surface area contributed by atoms with E-state index in [1.807, 2.05) is 0 Å². The van der Waals surface area contributed by atoms with Gasteiger partial charge in [0.2, 0.25) is 5.91 Å². The summed E-state index contributed by atoms with van der Waals surface area (Å²) in [5.74, 6) is -3.74. The average molecular weight is 349 g/mol. The van der Waals surface area contributed by atoms with E-state index in [4.69, 9.17) is 0 Å². The van der Waals surface area contributed by atoms with E-state index in [0.29, 0.717) is 11.6 Å². The van der Waals surface area contributed by atoms with Gasteiger partial charge in [0.1, 0.15) is 0 Å². The molecule has 0 aromatic heterocycles. The van der Waals surface area contributed by atoms with E-state index in [1.165, 1.54) is 12.1 Å². The molecule has 2 aromatic carbocycles. The van der Waals surface area contributed by atoms with Crippen molar-refractivity contribution in [1.82, 2.24) is 0 Å². The number of nitrogens with zero attached hydrogens (tertiary/aromatic N) is 1. The third-order valence-electron chi connectivity index (χ3n) is 3.30. The number of non-ortho nitro benzene ring substituents is 1. The van der Waals surface area contributed by atoms with Crippen molar-refractivity contribution in [3.05, 3.63) is 63.2 Å². The van der Waals surface area contributed by atoms with Crippen LogP contribution in [0.5, 0.6) is 0 Å². The van der Waals surface area contributed by atoms with E-state index in [1.54, 1.807) is 6.92 Å². The fraction of sp³-hybridized carbons (Fsp3) is 0.125. The van der Waals surface area contributed by atoms with E-state index in [9.17, 15) is 28.5 Å². The maximum atomic E-state index is 13.5. The van der Waals surface area contributed by atoms with Crippen LogP contribution < -0.4 is 10.6 Å². The molecule has 0 heterocycles. The normalized spacial score (nSPS) is 10.2. The first kappa shape index (κ1) is 18.0. The lowest BCUT2D eigenvalue weighted by Gasteiger charge is -2.13. The van der Waals surface area contributed by atoms with Gasteiger partial charge >= 0.3 is 0 Å². The predicted octanol–water partition coefficient (Wildman–Crippen LogP) is 3.39. The van der Waals surface area contributed by atoms with Crippen molar-refractivity contribution in [2.45, 2.75) is 13.8 Å². The number of anilines is 2. The Kier molecular flexibility index (Phi) is 5.06. The van der Waals surface area contributed by atoms with Crippen molar-refractivity contribution in [2.24, 2.45) is 0 Å². The SMILES string of the molecule is CC(=O)Nc1cc(F)c(F)cc1NC(=O)c1cc([N+](=O)[O-])ccc1C. The molecule has 0 aliphatic carbocycles. The molecule has 7 nitrogen and oxygen atoms in total. The standard InChI is InChI=1S/C16H13F2N3O4/c1-8-3-4-10(21(24)25)5-11(8)16(23)20-15-7-13(18)12(17)6-14(15)19-9(2)22/h3-7H,1-2H3,(H,19,22)(H,20,23). The molecule has 0 aliphatic rings. The van der Waals surface area contributed by atoms with Gasteiger partial charge in [0.05, 0.1) is 16.3 Å². The molecule has 0 bridgehead atoms. The second-order valence-electron chi connectivity index (χ2n) is 5.20. The largest absolute Gasteiger partial charge is 0.324 e. The molecular weight excluding hydrogens is 336 g/mol. The molecule has 130 valence electrons. The fourth-order valence-electron chi connectivity index (χ4n) is 2.10. The highest BCUT2D eigenvalue weighted by Crippen LogP contribution is 2.27. The second kappa shape index (κ2) is 7.04. The molecule has 2 aromatic rings. The Morgan fingerprint density at radius 2 is 1.60 bits per heavy atom. The number of benzene rings is 2. The molecule has 2 N–H and O–H groups in total. The average Bonchev–Trinajstić information content (AvgIpc) is 2.51. The molecule has 0 aliphatic heterocycles. The van der Waals surface area contributed by atoms with Crippen LogP contribution in [0.4, 0.5) is 25.8 Å². The zero-order valence-corrected chi connectivity index (χ0v) is 13.2. The Morgan fingerprint density at radius 3 is 2.12 bits per heavy atom. The first-order valence-corrected chi connectivity index (χ1v) is 7.02. The minimum absolute atomic E-state index is 0.00675. The topological polar surface area (TPSA) is 101 Å². The number of halogens is 2. The van der Waals surface area contributed by atoms with E-state index < -0.39 is 28.4 Å². The van der Waals surface area contributed by atoms with Crippen LogP contribution in [0, 0.1) is 28.7 Å². The zero-order chi connectivity index (χ0) is 18.7. The Balaban J connectivity index is 2.41. The molecule has 0 saturated carbocycles. The summed E-state index contributed by atoms with van der Waals surface area (Å²) in [4.78, 5) is 33.7. The number of hydrogen-bond donors (Lipinski definition) is 2. The number of nitrogens with one attached hydrogen (secondary N) is 2. The second-order valence-corrected chi connectivity index (χ2v) is 5.20. The maximum absolute atomic E-state index is 13.5. The smallest absolute Gasteiger partial charge is 0.270 e. The van der Waals surface area contributed by atoms with Crippen LogP contribution in [0.25, 0.3) is 0 Å². The summed E-state index contributed by atoms with van der Waals surface area (Å²) in [5.41, 5.74) is -0.157. The molecule has 9 heteroatoms. The quantitative estimate of drug-likeness (QED) is 0.652. The van der Waals surface area contributed by atoms with E-state index in [0.717, 1.165) is 19.1 Å². The van der Waals surface area contributed by atoms with Gasteiger partial charge in [0.25, 0.3) is 11.6 Å². The van der Waals surface area contributed by atoms with Crippen LogP contribution in [0.2, 0.25) is 0 Å². The van der Waals surface area contributed by atoms with Gasteiger partial charge in [-0.25, -0.2) is 8.78 Å². The van der Waals surface area contributed by atoms with Crippen molar-refractivity contribution >= 4 is 28.9 Å². The van der Waals surface area contributed by atoms with Crippen molar-refractivity contribution < 1.29 is 23.3 Å². The van der Waals surface area contributed by atoms with Crippen LogP contribution >= 0.6 is 0 Å². The third-order valence-corrected chi connectivity index (χ3v) is 3.30. The molecule has 0 atom stereocenters. The van der Waals surface area contributed by atoms with Crippen LogP contribution in [0.3, 0.4) is 0 Å². The Morgan fingerprint density at radius 1 is 1.04 bits per heavy atom. The lowest BCUT2D eigenvalue weighted by atomic mass is 10.1. The Labute approximate surface area is 140 Å². The highest BCUT2D eigenvalue weighted by molar-refractivity contribution is 6.08. The summed E-state index contributed by atoms with van der Waals surface area (Å²) in [5, 5.41) is 15.4. The van der Waals surface area contributed by atoms with Crippen molar-refractivity contribution in [2.75, 3.05) is 10.6 Å². The number of nitro benzene ring substituents is 1. The van der Waals surface area contributed by atoms with Gasteiger partial charge < -0.3 is 10.6 Å². The van der Waals surface area contributed by atoms with Crippen molar-refractivity contribution in [1.29, 1.82) is 0 Å². The molecule has 2 amide bonds. The molecule has 0 fully saturated rings. The summed E-state index contributed by atoms with van der Waals surface area (Å²) in [6.07, 6.45) is 0. The molecule has 0 unspecified atom stereocenters. The number of aryl methyl sites for hydroxylation is 1. The van der Waals surface area contributed by atoms with Crippen LogP contribution in [-0.4, -0.2) is 16.7 Å². The van der Waals surface area contributed by atoms with E-state index >= 15 is 0 Å². The number of hydrogen-bond acceptors (Lipinski definition) is 4. The monoisotopic (exact) mass is 349 g/mol. The lowest BCUT2D eigenvalue weighted by molar-refractivity contribution is -0.384. The fourth-order valence-corrected chi connectivity index (χ4v) is 2.10. The first-order chi connectivity index (χ1) is 11.7. The van der Waals surface area contributed by atoms with E-state index in [-0.39, 0.29) is 22.6 Å². The summed E-state index contributed by atoms with van der Waals surface area (Å²) < 4.78 is 26.8. The summed E-state index contributed by atoms with van der Waals surface area (Å²) in [6, 6.07) is 5.15. The summed E-state index contributed by atoms with van der Waals surface area (Å²) in [7, 11) is 0. The first-order valence-electron chi connectivity index (χ1n) is 7.02. The van der Waals surface area contributed by atoms with Crippen molar-refractivity contribution in [3.8, 4) is 0 Å². The van der Waals surface area contributed by atoms with Gasteiger partial charge in [-0.05, 0) is 12.5 Å². The molecular formula is C16H13F2N3O4. The zero-order valence-electron chi connectivity index (χ0n) is 13.2. The van der Waals surface area contributed by atoms with Gasteiger partial charge in [-0.1, -0.05) is 6.07 Å². The predicted molar refractivity (Wildman–Crippen MR) is 86.4 cm³/mol. The summed E-state index contributed by atoms with van der Waals surface area (Å²) in [6.45, 7) is 2.73. The Bertz CT molecular complexity index is 884. The molecule has 0 spiro atoms. The summed E-state index contributed by atoms with van der Waals surface area (Å²) >= 11 is 0. The minimum atomic E-state index is -1.22. The number of nitro groups is 1. The number of carbonyl (C=O) groups is 2. The van der Waals surface area contributed by atoms with Gasteiger partial charge in [0.15, 0.2) is 11.6 Å². The van der Waals surface area contributed by atoms with Crippen LogP contribution in [0.1, 0.15) is 22.8 Å². The maximum Gasteiger partial charge on any atom is 0.270 e. The van der Waals surface area contributed by atoms with Crippen LogP contribution in [-0.2, 0) is 4.79 Å². The molecule has 25 heavy (non-hydrogen) atoms. The van der Waals surface area contributed by atoms with Gasteiger partial charge in [-0.15, -0.1) is 0 Å². The van der Waals surface area contributed by atoms with Crippen molar-refractivity contribution in [3.63, 3.8) is 0 Å². The minimum Gasteiger partial charge on any atom is -0.324 e. The highest BCUT2D eigenvalue weighted by atomic mass is 19.2. The van der Waals surface area contributed by atoms with Gasteiger partial charge in [0, 0.05) is 36.8 Å². The van der Waals surface area contributed by atoms with Gasteiger partial charge in [-0.3, -0.25) is 19.7 Å². The number of amides is 2. The third kappa shape index (κ3) is 4.14. The molecule has 0 saturated heterocycles. The number of rotatable bonds is 4. The lowest BCUT2D eigenvalue weighted by Crippen LogP contribution is -2.17.